The van der Waals surface area contributed by atoms with Gasteiger partial charge in [0.25, 0.3) is 0 Å². The minimum Gasteiger partial charge on any atom is -0.491 e. The van der Waals surface area contributed by atoms with E-state index in [0.717, 1.165) is 63.1 Å². The van der Waals surface area contributed by atoms with Crippen LogP contribution in [0.2, 0.25) is 0 Å². The number of carbonyl (C=O) groups excluding carboxylic acids is 1. The first kappa shape index (κ1) is 21.3. The van der Waals surface area contributed by atoms with Crippen molar-refractivity contribution >= 4 is 6.09 Å². The van der Waals surface area contributed by atoms with Gasteiger partial charge in [-0.3, -0.25) is 4.90 Å². The van der Waals surface area contributed by atoms with Crippen molar-refractivity contribution < 1.29 is 14.3 Å². The summed E-state index contributed by atoms with van der Waals surface area (Å²) in [5.41, 5.74) is 4.87. The predicted octanol–water partition coefficient (Wildman–Crippen LogP) is 5.34. The second-order valence-electron chi connectivity index (χ2n) is 9.78. The monoisotopic (exact) mass is 434 g/mol. The van der Waals surface area contributed by atoms with Gasteiger partial charge in [0, 0.05) is 6.54 Å². The molecule has 3 fully saturated rings. The Hall–Kier alpha value is -2.53. The van der Waals surface area contributed by atoms with Crippen LogP contribution in [0.15, 0.2) is 42.5 Å². The molecule has 1 unspecified atom stereocenters. The van der Waals surface area contributed by atoms with E-state index in [4.69, 9.17) is 9.47 Å². The fourth-order valence-electron chi connectivity index (χ4n) is 5.48. The van der Waals surface area contributed by atoms with Crippen molar-refractivity contribution in [2.75, 3.05) is 19.6 Å². The van der Waals surface area contributed by atoms with E-state index in [1.807, 2.05) is 26.0 Å². The van der Waals surface area contributed by atoms with Gasteiger partial charge in [0.2, 0.25) is 0 Å². The molecule has 5 nitrogen and oxygen atoms in total. The molecule has 1 N–H and O–H groups in total. The Morgan fingerprint density at radius 2 is 1.78 bits per heavy atom. The van der Waals surface area contributed by atoms with Crippen LogP contribution in [0.3, 0.4) is 0 Å². The highest BCUT2D eigenvalue weighted by atomic mass is 16.6. The van der Waals surface area contributed by atoms with E-state index in [1.54, 1.807) is 0 Å². The number of alkyl carbamates (subject to hydrolysis) is 1. The maximum atomic E-state index is 12.8. The van der Waals surface area contributed by atoms with Gasteiger partial charge in [-0.15, -0.1) is 0 Å². The van der Waals surface area contributed by atoms with Gasteiger partial charge in [-0.1, -0.05) is 24.3 Å². The number of carbonyl (C=O) groups is 1. The van der Waals surface area contributed by atoms with Crippen molar-refractivity contribution in [3.63, 3.8) is 0 Å². The third-order valence-corrected chi connectivity index (χ3v) is 7.17. The molecule has 2 aromatic carbocycles. The summed E-state index contributed by atoms with van der Waals surface area (Å²) in [5.74, 6) is 1.41. The summed E-state index contributed by atoms with van der Waals surface area (Å²) in [4.78, 5) is 15.2. The summed E-state index contributed by atoms with van der Waals surface area (Å²) < 4.78 is 11.7. The van der Waals surface area contributed by atoms with E-state index in [-0.39, 0.29) is 24.3 Å². The van der Waals surface area contributed by atoms with Gasteiger partial charge in [0.15, 0.2) is 0 Å². The number of hydrogen-bond acceptors (Lipinski definition) is 4. The molecule has 0 aromatic heterocycles. The molecule has 0 spiro atoms. The maximum Gasteiger partial charge on any atom is 0.407 e. The van der Waals surface area contributed by atoms with Crippen LogP contribution in [-0.4, -0.2) is 42.8 Å². The molecule has 3 saturated heterocycles. The highest BCUT2D eigenvalue weighted by molar-refractivity contribution is 5.70. The highest BCUT2D eigenvalue weighted by Crippen LogP contribution is 2.34. The molecular formula is C27H34N2O3. The zero-order chi connectivity index (χ0) is 22.1. The van der Waals surface area contributed by atoms with Crippen molar-refractivity contribution in [2.45, 2.75) is 64.2 Å². The maximum absolute atomic E-state index is 12.8. The van der Waals surface area contributed by atoms with Crippen molar-refractivity contribution in [3.8, 4) is 16.9 Å². The number of benzene rings is 2. The highest BCUT2D eigenvalue weighted by Gasteiger charge is 2.37. The lowest BCUT2D eigenvalue weighted by atomic mass is 9.85. The largest absolute Gasteiger partial charge is 0.491 e. The minimum absolute atomic E-state index is 0.0100. The first-order valence-corrected chi connectivity index (χ1v) is 12.1. The smallest absolute Gasteiger partial charge is 0.407 e. The van der Waals surface area contributed by atoms with Gasteiger partial charge in [-0.25, -0.2) is 4.79 Å². The first-order valence-electron chi connectivity index (χ1n) is 12.1. The van der Waals surface area contributed by atoms with Crippen molar-refractivity contribution in [3.05, 3.63) is 53.6 Å². The second-order valence-corrected chi connectivity index (χ2v) is 9.78. The molecule has 0 saturated carbocycles. The van der Waals surface area contributed by atoms with Crippen LogP contribution in [0, 0.1) is 5.92 Å². The Kier molecular flexibility index (Phi) is 6.09. The SMILES string of the molecule is CC(C)Oc1ccc(-c2ccc3c(c2)C(NC(=O)O[C@H]2CN4CCC2CC4)CCC3)cc1. The van der Waals surface area contributed by atoms with E-state index >= 15 is 0 Å². The summed E-state index contributed by atoms with van der Waals surface area (Å²) in [7, 11) is 0. The molecule has 1 amide bonds. The van der Waals surface area contributed by atoms with Crippen LogP contribution in [0.25, 0.3) is 11.1 Å². The van der Waals surface area contributed by atoms with Crippen LogP contribution in [0.5, 0.6) is 5.75 Å². The second kappa shape index (κ2) is 9.14. The third-order valence-electron chi connectivity index (χ3n) is 7.17. The van der Waals surface area contributed by atoms with E-state index in [9.17, 15) is 4.79 Å². The fraction of sp³-hybridized carbons (Fsp3) is 0.519. The Bertz CT molecular complexity index is 948. The van der Waals surface area contributed by atoms with Crippen molar-refractivity contribution in [1.82, 2.24) is 10.2 Å². The van der Waals surface area contributed by atoms with Crippen LogP contribution in [0.1, 0.15) is 56.7 Å². The summed E-state index contributed by atoms with van der Waals surface area (Å²) >= 11 is 0. The number of ether oxygens (including phenoxy) is 2. The number of rotatable bonds is 5. The molecule has 5 heteroatoms. The van der Waals surface area contributed by atoms with E-state index in [0.29, 0.717) is 5.92 Å². The predicted molar refractivity (Wildman–Crippen MR) is 126 cm³/mol. The molecule has 2 bridgehead atoms. The average molecular weight is 435 g/mol. The Labute approximate surface area is 191 Å². The first-order chi connectivity index (χ1) is 15.5. The summed E-state index contributed by atoms with van der Waals surface area (Å²) in [6.45, 7) is 7.25. The molecular weight excluding hydrogens is 400 g/mol. The molecule has 170 valence electrons. The molecule has 32 heavy (non-hydrogen) atoms. The lowest BCUT2D eigenvalue weighted by Crippen LogP contribution is -2.52. The normalized spacial score (nSPS) is 26.5. The number of nitrogens with zero attached hydrogens (tertiary/aromatic N) is 1. The summed E-state index contributed by atoms with van der Waals surface area (Å²) in [6, 6.07) is 14.9. The van der Waals surface area contributed by atoms with Crippen molar-refractivity contribution in [1.29, 1.82) is 0 Å². The molecule has 2 aromatic rings. The lowest BCUT2D eigenvalue weighted by Gasteiger charge is -2.44. The number of piperidine rings is 3. The van der Waals surface area contributed by atoms with E-state index in [2.05, 4.69) is 40.5 Å². The summed E-state index contributed by atoms with van der Waals surface area (Å²) in [5, 5.41) is 3.19. The molecule has 0 radical (unpaired) electrons. The van der Waals surface area contributed by atoms with E-state index < -0.39 is 0 Å². The van der Waals surface area contributed by atoms with Gasteiger partial charge in [0.05, 0.1) is 12.1 Å². The van der Waals surface area contributed by atoms with Gasteiger partial charge in [-0.05, 0) is 105 Å². The molecule has 2 atom stereocenters. The minimum atomic E-state index is -0.262. The molecule has 6 rings (SSSR count). The van der Waals surface area contributed by atoms with Crippen LogP contribution >= 0.6 is 0 Å². The summed E-state index contributed by atoms with van der Waals surface area (Å²) in [6.07, 6.45) is 5.33. The average Bonchev–Trinajstić information content (AvgIpc) is 2.80. The third kappa shape index (κ3) is 4.63. The molecule has 4 aliphatic rings. The van der Waals surface area contributed by atoms with Gasteiger partial charge in [0.1, 0.15) is 11.9 Å². The number of hydrogen-bond donors (Lipinski definition) is 1. The topological polar surface area (TPSA) is 50.8 Å². The number of amides is 1. The molecule has 3 aliphatic heterocycles. The standard InChI is InChI=1S/C27H34N2O3/c1-18(2)31-23-10-8-19(9-11-23)22-7-6-20-4-3-5-25(24(20)16-22)28-27(30)32-26-17-29-14-12-21(26)13-15-29/h6-11,16,18,21,25-26H,3-5,12-15,17H2,1-2H3,(H,28,30)/t25?,26-/m0/s1. The van der Waals surface area contributed by atoms with Crippen molar-refractivity contribution in [2.24, 2.45) is 5.92 Å². The van der Waals surface area contributed by atoms with Crippen LogP contribution in [-0.2, 0) is 11.2 Å². The van der Waals surface area contributed by atoms with Crippen LogP contribution < -0.4 is 10.1 Å². The number of fused-ring (bicyclic) bond motifs is 4. The quantitative estimate of drug-likeness (QED) is 0.690. The fourth-order valence-corrected chi connectivity index (χ4v) is 5.48. The Morgan fingerprint density at radius 3 is 2.47 bits per heavy atom. The molecule has 3 heterocycles. The zero-order valence-corrected chi connectivity index (χ0v) is 19.2. The van der Waals surface area contributed by atoms with Gasteiger partial charge < -0.3 is 14.8 Å². The Balaban J connectivity index is 1.29. The lowest BCUT2D eigenvalue weighted by molar-refractivity contribution is -0.0340. The zero-order valence-electron chi connectivity index (χ0n) is 19.2. The Morgan fingerprint density at radius 1 is 1.03 bits per heavy atom. The number of aryl methyl sites for hydroxylation is 1. The van der Waals surface area contributed by atoms with Gasteiger partial charge >= 0.3 is 6.09 Å². The molecule has 1 aliphatic carbocycles. The number of nitrogens with one attached hydrogen (secondary N) is 1. The van der Waals surface area contributed by atoms with Crippen LogP contribution in [0.4, 0.5) is 4.79 Å². The van der Waals surface area contributed by atoms with E-state index in [1.165, 1.54) is 16.7 Å². The van der Waals surface area contributed by atoms with Gasteiger partial charge in [-0.2, -0.15) is 0 Å².